The van der Waals surface area contributed by atoms with E-state index >= 15 is 0 Å². The van der Waals surface area contributed by atoms with Crippen molar-refractivity contribution in [1.29, 1.82) is 0 Å². The summed E-state index contributed by atoms with van der Waals surface area (Å²) in [5.41, 5.74) is 0. The topological polar surface area (TPSA) is 44.1 Å². The molecule has 0 aliphatic rings. The van der Waals surface area contributed by atoms with Gasteiger partial charge in [0.25, 0.3) is 0 Å². The van der Waals surface area contributed by atoms with E-state index in [1.807, 2.05) is 6.92 Å². The maximum Gasteiger partial charge on any atom is 0.374 e. The zero-order valence-corrected chi connectivity index (χ0v) is 7.28. The molecule has 66 valence electrons. The molecule has 1 heterocycles. The van der Waals surface area contributed by atoms with Crippen molar-refractivity contribution in [3.63, 3.8) is 0 Å². The first-order chi connectivity index (χ1) is 5.79. The van der Waals surface area contributed by atoms with Crippen molar-refractivity contribution in [3.05, 3.63) is 18.2 Å². The van der Waals surface area contributed by atoms with Crippen LogP contribution in [-0.2, 0) is 11.3 Å². The molecule has 0 bridgehead atoms. The van der Waals surface area contributed by atoms with Crippen LogP contribution in [0.15, 0.2) is 12.4 Å². The fraction of sp³-hybridized carbons (Fsp3) is 0.500. The van der Waals surface area contributed by atoms with Crippen molar-refractivity contribution in [1.82, 2.24) is 9.55 Å². The van der Waals surface area contributed by atoms with Gasteiger partial charge in [-0.2, -0.15) is 0 Å². The minimum atomic E-state index is -0.357. The van der Waals surface area contributed by atoms with Gasteiger partial charge >= 0.3 is 5.97 Å². The summed E-state index contributed by atoms with van der Waals surface area (Å²) < 4.78 is 6.55. The Balaban J connectivity index is 2.79. The first-order valence-corrected chi connectivity index (χ1v) is 3.97. The number of hydrogen-bond donors (Lipinski definition) is 0. The average molecular weight is 168 g/mol. The van der Waals surface area contributed by atoms with Crippen molar-refractivity contribution in [2.75, 3.05) is 6.61 Å². The molecule has 1 aromatic rings. The molecule has 0 aliphatic heterocycles. The minimum absolute atomic E-state index is 0.357. The maximum absolute atomic E-state index is 11.2. The second kappa shape index (κ2) is 3.90. The first kappa shape index (κ1) is 8.77. The van der Waals surface area contributed by atoms with Crippen LogP contribution in [0.2, 0.25) is 0 Å². The molecule has 12 heavy (non-hydrogen) atoms. The van der Waals surface area contributed by atoms with Crippen LogP contribution < -0.4 is 0 Å². The number of aryl methyl sites for hydroxylation is 1. The molecule has 1 aromatic heterocycles. The Morgan fingerprint density at radius 2 is 2.42 bits per heavy atom. The third kappa shape index (κ3) is 1.64. The summed E-state index contributed by atoms with van der Waals surface area (Å²) in [5.74, 6) is 0.0173. The van der Waals surface area contributed by atoms with Gasteiger partial charge in [-0.15, -0.1) is 0 Å². The summed E-state index contributed by atoms with van der Waals surface area (Å²) in [6.07, 6.45) is 3.35. The summed E-state index contributed by atoms with van der Waals surface area (Å²) in [6, 6.07) is 0. The maximum atomic E-state index is 11.2. The van der Waals surface area contributed by atoms with Gasteiger partial charge in [0, 0.05) is 18.9 Å². The van der Waals surface area contributed by atoms with Crippen LogP contribution in [0, 0.1) is 0 Å². The lowest BCUT2D eigenvalue weighted by molar-refractivity contribution is 0.0506. The minimum Gasteiger partial charge on any atom is -0.460 e. The van der Waals surface area contributed by atoms with Crippen molar-refractivity contribution >= 4 is 5.97 Å². The van der Waals surface area contributed by atoms with Gasteiger partial charge in [0.15, 0.2) is 0 Å². The number of ether oxygens (including phenoxy) is 1. The van der Waals surface area contributed by atoms with Crippen LogP contribution in [0.25, 0.3) is 0 Å². The van der Waals surface area contributed by atoms with E-state index in [1.165, 1.54) is 0 Å². The highest BCUT2D eigenvalue weighted by Gasteiger charge is 2.11. The van der Waals surface area contributed by atoms with Crippen molar-refractivity contribution in [3.8, 4) is 0 Å². The van der Waals surface area contributed by atoms with Crippen LogP contribution in [-0.4, -0.2) is 22.1 Å². The summed E-state index contributed by atoms with van der Waals surface area (Å²) in [4.78, 5) is 15.1. The van der Waals surface area contributed by atoms with Gasteiger partial charge in [-0.3, -0.25) is 0 Å². The second-order valence-corrected chi connectivity index (χ2v) is 2.26. The molecule has 0 N–H and O–H groups in total. The number of carbonyl (C=O) groups excluding carboxylic acids is 1. The molecule has 0 saturated heterocycles. The van der Waals surface area contributed by atoms with Gasteiger partial charge in [-0.1, -0.05) is 0 Å². The molecule has 0 saturated carbocycles. The Morgan fingerprint density at radius 3 is 3.00 bits per heavy atom. The van der Waals surface area contributed by atoms with E-state index in [0.29, 0.717) is 12.4 Å². The lowest BCUT2D eigenvalue weighted by atomic mass is 10.5. The van der Waals surface area contributed by atoms with Gasteiger partial charge in [-0.25, -0.2) is 9.78 Å². The Kier molecular flexibility index (Phi) is 2.85. The molecular weight excluding hydrogens is 156 g/mol. The molecule has 0 spiro atoms. The van der Waals surface area contributed by atoms with E-state index in [1.54, 1.807) is 23.9 Å². The van der Waals surface area contributed by atoms with Crippen LogP contribution >= 0.6 is 0 Å². The van der Waals surface area contributed by atoms with E-state index in [0.717, 1.165) is 6.54 Å². The average Bonchev–Trinajstić information content (AvgIpc) is 2.51. The molecule has 0 atom stereocenters. The molecule has 1 rings (SSSR count). The highest BCUT2D eigenvalue weighted by atomic mass is 16.5. The van der Waals surface area contributed by atoms with Crippen molar-refractivity contribution < 1.29 is 9.53 Å². The Morgan fingerprint density at radius 1 is 1.67 bits per heavy atom. The van der Waals surface area contributed by atoms with E-state index in [2.05, 4.69) is 4.98 Å². The normalized spacial score (nSPS) is 9.83. The molecular formula is C8H12N2O2. The van der Waals surface area contributed by atoms with Crippen LogP contribution in [0.1, 0.15) is 24.5 Å². The standard InChI is InChI=1S/C8H12N2O2/c1-3-10-6-5-9-7(10)8(11)12-4-2/h5-6H,3-4H2,1-2H3. The zero-order valence-electron chi connectivity index (χ0n) is 7.28. The smallest absolute Gasteiger partial charge is 0.374 e. The first-order valence-electron chi connectivity index (χ1n) is 3.97. The molecule has 0 unspecified atom stereocenters. The molecule has 0 amide bonds. The molecule has 0 fully saturated rings. The Labute approximate surface area is 71.2 Å². The fourth-order valence-corrected chi connectivity index (χ4v) is 0.950. The van der Waals surface area contributed by atoms with E-state index in [-0.39, 0.29) is 5.97 Å². The summed E-state index contributed by atoms with van der Waals surface area (Å²) in [6.45, 7) is 4.84. The molecule has 4 heteroatoms. The van der Waals surface area contributed by atoms with Crippen LogP contribution in [0.5, 0.6) is 0 Å². The lowest BCUT2D eigenvalue weighted by Crippen LogP contribution is -2.12. The number of carbonyl (C=O) groups is 1. The van der Waals surface area contributed by atoms with Crippen molar-refractivity contribution in [2.24, 2.45) is 0 Å². The van der Waals surface area contributed by atoms with Gasteiger partial charge in [0.1, 0.15) is 0 Å². The van der Waals surface area contributed by atoms with Gasteiger partial charge < -0.3 is 9.30 Å². The fourth-order valence-electron chi connectivity index (χ4n) is 0.950. The van der Waals surface area contributed by atoms with Gasteiger partial charge in [-0.05, 0) is 13.8 Å². The van der Waals surface area contributed by atoms with E-state index < -0.39 is 0 Å². The second-order valence-electron chi connectivity index (χ2n) is 2.26. The quantitative estimate of drug-likeness (QED) is 0.634. The summed E-state index contributed by atoms with van der Waals surface area (Å²) in [5, 5.41) is 0. The zero-order chi connectivity index (χ0) is 8.97. The molecule has 0 radical (unpaired) electrons. The predicted molar refractivity (Wildman–Crippen MR) is 43.9 cm³/mol. The molecule has 0 aliphatic carbocycles. The largest absolute Gasteiger partial charge is 0.460 e. The van der Waals surface area contributed by atoms with Gasteiger partial charge in [0.05, 0.1) is 6.61 Å². The van der Waals surface area contributed by atoms with E-state index in [9.17, 15) is 4.79 Å². The highest BCUT2D eigenvalue weighted by molar-refractivity contribution is 5.85. The summed E-state index contributed by atoms with van der Waals surface area (Å²) in [7, 11) is 0. The monoisotopic (exact) mass is 168 g/mol. The third-order valence-corrected chi connectivity index (χ3v) is 1.51. The number of aromatic nitrogens is 2. The van der Waals surface area contributed by atoms with E-state index in [4.69, 9.17) is 4.74 Å². The van der Waals surface area contributed by atoms with Crippen LogP contribution in [0.3, 0.4) is 0 Å². The van der Waals surface area contributed by atoms with Gasteiger partial charge in [0.2, 0.25) is 5.82 Å². The molecule has 0 aromatic carbocycles. The SMILES string of the molecule is CCOC(=O)c1nccn1CC. The highest BCUT2D eigenvalue weighted by Crippen LogP contribution is 1.99. The number of esters is 1. The van der Waals surface area contributed by atoms with Crippen molar-refractivity contribution in [2.45, 2.75) is 20.4 Å². The predicted octanol–water partition coefficient (Wildman–Crippen LogP) is 1.08. The number of imidazole rings is 1. The third-order valence-electron chi connectivity index (χ3n) is 1.51. The molecule has 4 nitrogen and oxygen atoms in total. The Hall–Kier alpha value is -1.32. The number of hydrogen-bond acceptors (Lipinski definition) is 3. The lowest BCUT2D eigenvalue weighted by Gasteiger charge is -2.02. The van der Waals surface area contributed by atoms with Crippen LogP contribution in [0.4, 0.5) is 0 Å². The number of nitrogens with zero attached hydrogens (tertiary/aromatic N) is 2. The summed E-state index contributed by atoms with van der Waals surface area (Å²) >= 11 is 0. The number of rotatable bonds is 3. The Bertz CT molecular complexity index is 268.